The zero-order valence-electron chi connectivity index (χ0n) is 25.1. The van der Waals surface area contributed by atoms with E-state index in [4.69, 9.17) is 8.85 Å². The molecule has 0 aliphatic rings. The Labute approximate surface area is 265 Å². The number of hydrogen-bond donors (Lipinski definition) is 0. The van der Waals surface area contributed by atoms with Gasteiger partial charge in [0.1, 0.15) is 0 Å². The molecule has 2 nitrogen and oxygen atoms in total. The van der Waals surface area contributed by atoms with Gasteiger partial charge in [0, 0.05) is 11.5 Å². The Morgan fingerprint density at radius 3 is 1.02 bits per heavy atom. The van der Waals surface area contributed by atoms with E-state index in [1.165, 1.54) is 46.4 Å². The Morgan fingerprint density at radius 2 is 0.762 bits per heavy atom. The van der Waals surface area contributed by atoms with Crippen LogP contribution in [-0.2, 0) is 8.85 Å². The van der Waals surface area contributed by atoms with Crippen LogP contribution in [0.5, 0.6) is 0 Å². The van der Waals surface area contributed by atoms with Gasteiger partial charge in [0.05, 0.1) is 12.2 Å². The van der Waals surface area contributed by atoms with Crippen molar-refractivity contribution in [2.75, 3.05) is 11.5 Å². The normalized spacial score (nSPS) is 13.0. The molecule has 2 atom stereocenters. The van der Waals surface area contributed by atoms with Gasteiger partial charge in [0.15, 0.2) is 0 Å². The molecule has 0 bridgehead atoms. The second-order valence-corrected chi connectivity index (χ2v) is 18.1. The van der Waals surface area contributed by atoms with Crippen molar-refractivity contribution in [1.82, 2.24) is 0 Å². The van der Waals surface area contributed by atoms with Crippen molar-refractivity contribution in [2.24, 2.45) is 0 Å². The van der Waals surface area contributed by atoms with Crippen molar-refractivity contribution in [3.63, 3.8) is 0 Å². The van der Waals surface area contributed by atoms with E-state index in [2.05, 4.69) is 135 Å². The van der Waals surface area contributed by atoms with E-state index < -0.39 is 18.1 Å². The summed E-state index contributed by atoms with van der Waals surface area (Å²) in [6, 6.07) is 43.5. The standard InChI is InChI=1S/C36H46O2S2Si2/c1-3-5-19-31(37-41(33-21-11-7-12-22-33)34-23-13-8-14-24-34)29-39-40-30-32(20-6-4-2)38-42(35-25-15-9-16-26-35)36-27-17-10-18-28-36/h7-18,21-28,31-32,41-42H,3-6,19-20,29-30H2,1-2H3. The summed E-state index contributed by atoms with van der Waals surface area (Å²) in [4.78, 5) is 0. The van der Waals surface area contributed by atoms with E-state index in [9.17, 15) is 0 Å². The molecule has 0 N–H and O–H groups in total. The predicted octanol–water partition coefficient (Wildman–Crippen LogP) is 6.60. The third kappa shape index (κ3) is 10.9. The summed E-state index contributed by atoms with van der Waals surface area (Å²) in [5.41, 5.74) is 0. The van der Waals surface area contributed by atoms with Crippen molar-refractivity contribution >= 4 is 60.4 Å². The lowest BCUT2D eigenvalue weighted by Gasteiger charge is -2.26. The molecule has 2 unspecified atom stereocenters. The van der Waals surface area contributed by atoms with Gasteiger partial charge in [-0.2, -0.15) is 0 Å². The molecule has 0 saturated heterocycles. The van der Waals surface area contributed by atoms with E-state index in [1.54, 1.807) is 0 Å². The number of rotatable bonds is 19. The monoisotopic (exact) mass is 630 g/mol. The van der Waals surface area contributed by atoms with Crippen molar-refractivity contribution in [3.8, 4) is 0 Å². The Bertz CT molecular complexity index is 1050. The maximum atomic E-state index is 7.06. The van der Waals surface area contributed by atoms with E-state index in [-0.39, 0.29) is 12.2 Å². The summed E-state index contributed by atoms with van der Waals surface area (Å²) in [6.07, 6.45) is 7.52. The molecule has 4 rings (SSSR count). The first-order valence-corrected chi connectivity index (χ1v) is 21.3. The molecule has 0 heterocycles. The maximum absolute atomic E-state index is 7.06. The van der Waals surface area contributed by atoms with Crippen LogP contribution >= 0.6 is 21.6 Å². The van der Waals surface area contributed by atoms with Crippen molar-refractivity contribution in [3.05, 3.63) is 121 Å². The fourth-order valence-electron chi connectivity index (χ4n) is 5.09. The van der Waals surface area contributed by atoms with Gasteiger partial charge in [-0.05, 0) is 33.6 Å². The first-order valence-electron chi connectivity index (χ1n) is 15.5. The molecule has 0 aliphatic heterocycles. The van der Waals surface area contributed by atoms with Crippen molar-refractivity contribution in [1.29, 1.82) is 0 Å². The summed E-state index contributed by atoms with van der Waals surface area (Å²) in [5.74, 6) is 2.01. The zero-order chi connectivity index (χ0) is 29.2. The molecule has 222 valence electrons. The Kier molecular flexibility index (Phi) is 15.1. The summed E-state index contributed by atoms with van der Waals surface area (Å²) < 4.78 is 14.1. The van der Waals surface area contributed by atoms with Crippen LogP contribution in [0.15, 0.2) is 121 Å². The molecule has 0 radical (unpaired) electrons. The Balaban J connectivity index is 1.40. The van der Waals surface area contributed by atoms with Gasteiger partial charge in [0.2, 0.25) is 18.1 Å². The molecule has 0 fully saturated rings. The fraction of sp³-hybridized carbons (Fsp3) is 0.333. The van der Waals surface area contributed by atoms with E-state index in [1.807, 2.05) is 21.6 Å². The third-order valence-electron chi connectivity index (χ3n) is 7.42. The van der Waals surface area contributed by atoms with Crippen molar-refractivity contribution in [2.45, 2.75) is 64.6 Å². The van der Waals surface area contributed by atoms with Gasteiger partial charge in [-0.1, -0.05) is 182 Å². The first-order chi connectivity index (χ1) is 20.8. The van der Waals surface area contributed by atoms with Gasteiger partial charge in [-0.3, -0.25) is 0 Å². The second-order valence-electron chi connectivity index (χ2n) is 10.8. The first kappa shape index (κ1) is 32.8. The maximum Gasteiger partial charge on any atom is 0.240 e. The summed E-state index contributed by atoms with van der Waals surface area (Å²) >= 11 is 0. The number of benzene rings is 4. The Morgan fingerprint density at radius 1 is 0.476 bits per heavy atom. The lowest BCUT2D eigenvalue weighted by atomic mass is 10.2. The highest BCUT2D eigenvalue weighted by Gasteiger charge is 2.24. The summed E-state index contributed by atoms with van der Waals surface area (Å²) in [7, 11) is 0.410. The average Bonchev–Trinajstić information content (AvgIpc) is 3.06. The highest BCUT2D eigenvalue weighted by molar-refractivity contribution is 8.76. The lowest BCUT2D eigenvalue weighted by molar-refractivity contribution is 0.220. The van der Waals surface area contributed by atoms with Crippen LogP contribution in [0, 0.1) is 0 Å². The predicted molar refractivity (Wildman–Crippen MR) is 192 cm³/mol. The van der Waals surface area contributed by atoms with Gasteiger partial charge < -0.3 is 8.85 Å². The number of unbranched alkanes of at least 4 members (excludes halogenated alkanes) is 2. The molecule has 0 aliphatic carbocycles. The zero-order valence-corrected chi connectivity index (χ0v) is 29.1. The molecule has 0 saturated carbocycles. The Hall–Kier alpha value is -2.07. The quantitative estimate of drug-likeness (QED) is 0.0661. The van der Waals surface area contributed by atoms with Crippen LogP contribution < -0.4 is 20.7 Å². The van der Waals surface area contributed by atoms with Gasteiger partial charge in [-0.25, -0.2) is 0 Å². The van der Waals surface area contributed by atoms with Crippen LogP contribution in [0.1, 0.15) is 52.4 Å². The summed E-state index contributed by atoms with van der Waals surface area (Å²) in [6.45, 7) is 4.55. The average molecular weight is 631 g/mol. The van der Waals surface area contributed by atoms with Crippen LogP contribution in [0.4, 0.5) is 0 Å². The summed E-state index contributed by atoms with van der Waals surface area (Å²) in [5, 5.41) is 5.42. The minimum absolute atomic E-state index is 0.255. The highest BCUT2D eigenvalue weighted by Crippen LogP contribution is 2.27. The van der Waals surface area contributed by atoms with Crippen LogP contribution in [0.2, 0.25) is 0 Å². The van der Waals surface area contributed by atoms with Crippen LogP contribution in [0.25, 0.3) is 0 Å². The van der Waals surface area contributed by atoms with E-state index in [0.29, 0.717) is 0 Å². The van der Waals surface area contributed by atoms with Gasteiger partial charge >= 0.3 is 0 Å². The molecule has 0 spiro atoms. The topological polar surface area (TPSA) is 18.5 Å². The van der Waals surface area contributed by atoms with Crippen LogP contribution in [-0.4, -0.2) is 41.8 Å². The minimum Gasteiger partial charge on any atom is -0.407 e. The molecule has 4 aromatic carbocycles. The minimum atomic E-state index is -1.77. The molecule has 6 heteroatoms. The molecule has 4 aromatic rings. The van der Waals surface area contributed by atoms with Crippen molar-refractivity contribution < 1.29 is 8.85 Å². The smallest absolute Gasteiger partial charge is 0.240 e. The highest BCUT2D eigenvalue weighted by atomic mass is 33.1. The third-order valence-corrected chi connectivity index (χ3v) is 15.2. The molecular weight excluding hydrogens is 585 g/mol. The SMILES string of the molecule is CCCCC(CSSCC(CCCC)O[SiH](c1ccccc1)c1ccccc1)O[SiH](c1ccccc1)c1ccccc1. The van der Waals surface area contributed by atoms with E-state index in [0.717, 1.165) is 24.3 Å². The molecular formula is C36H46O2S2Si2. The largest absolute Gasteiger partial charge is 0.407 e. The molecule has 0 amide bonds. The van der Waals surface area contributed by atoms with Gasteiger partial charge in [0.25, 0.3) is 0 Å². The van der Waals surface area contributed by atoms with E-state index >= 15 is 0 Å². The molecule has 0 aromatic heterocycles. The second kappa shape index (κ2) is 19.3. The number of hydrogen-bond acceptors (Lipinski definition) is 4. The van der Waals surface area contributed by atoms with Gasteiger partial charge in [-0.15, -0.1) is 0 Å². The lowest BCUT2D eigenvalue weighted by Crippen LogP contribution is -2.47. The molecule has 42 heavy (non-hydrogen) atoms. The van der Waals surface area contributed by atoms with Crippen LogP contribution in [0.3, 0.4) is 0 Å². The fourth-order valence-corrected chi connectivity index (χ4v) is 12.8.